The fourth-order valence-corrected chi connectivity index (χ4v) is 10.8. The average Bonchev–Trinajstić information content (AvgIpc) is 3.60. The molecule has 2 aromatic carbocycles. The van der Waals surface area contributed by atoms with E-state index >= 15 is 0 Å². The maximum atomic E-state index is 10.6. The molecule has 52 heavy (non-hydrogen) atoms. The smallest absolute Gasteiger partial charge is 0.394 e. The highest BCUT2D eigenvalue weighted by molar-refractivity contribution is 7.79. The van der Waals surface area contributed by atoms with Gasteiger partial charge in [-0.15, -0.1) is 0 Å². The summed E-state index contributed by atoms with van der Waals surface area (Å²) < 4.78 is 55.3. The molecule has 0 saturated carbocycles. The molecule has 10 N–H and O–H groups in total. The van der Waals surface area contributed by atoms with Gasteiger partial charge in [0.05, 0.1) is 14.2 Å². The minimum absolute atomic E-state index is 0. The van der Waals surface area contributed by atoms with Crippen molar-refractivity contribution in [2.75, 3.05) is 41.4 Å². The molecule has 0 unspecified atom stereocenters. The molecule has 4 aliphatic heterocycles. The van der Waals surface area contributed by atoms with E-state index in [-0.39, 0.29) is 39.5 Å². The lowest BCUT2D eigenvalue weighted by atomic mass is 9.53. The molecule has 0 amide bonds. The summed E-state index contributed by atoms with van der Waals surface area (Å²) in [6.07, 6.45) is 11.1. The van der Waals surface area contributed by atoms with Gasteiger partial charge in [0.1, 0.15) is 24.4 Å². The Kier molecular flexibility index (Phi) is 10.6. The van der Waals surface area contributed by atoms with Gasteiger partial charge in [0.15, 0.2) is 23.0 Å². The van der Waals surface area contributed by atoms with Gasteiger partial charge in [0.25, 0.3) is 0 Å². The SMILES string of the molecule is COc1ccc2c3c1O[C@H]1[C@@H](O)C=C[C@H]4[C@@H](C2)N(C)CC[C@@]341.COc1ccc2c3c1O[C@H]1[C@@H](O)C=C[C@H]4[C@@H](C2)N(C)CC[C@@]341.O.O.O.O=S(=O)(O)O. The molecular weight excluding hydrogens is 700 g/mol. The van der Waals surface area contributed by atoms with E-state index in [4.69, 9.17) is 36.5 Å². The zero-order valence-electron chi connectivity index (χ0n) is 29.5. The lowest BCUT2D eigenvalue weighted by Gasteiger charge is -2.56. The Morgan fingerprint density at radius 1 is 0.692 bits per heavy atom. The largest absolute Gasteiger partial charge is 0.493 e. The van der Waals surface area contributed by atoms with Crippen LogP contribution in [0.2, 0.25) is 0 Å². The summed E-state index contributed by atoms with van der Waals surface area (Å²) in [6, 6.07) is 9.40. The molecule has 2 spiro atoms. The first-order valence-electron chi connectivity index (χ1n) is 16.9. The molecule has 2 saturated heterocycles. The monoisotopic (exact) mass is 750 g/mol. The van der Waals surface area contributed by atoms with Crippen molar-refractivity contribution in [1.29, 1.82) is 0 Å². The highest BCUT2D eigenvalue weighted by Gasteiger charge is 2.65. The number of piperidine rings is 2. The number of hydrogen-bond donors (Lipinski definition) is 4. The van der Waals surface area contributed by atoms with Crippen LogP contribution in [0.1, 0.15) is 35.1 Å². The second-order valence-corrected chi connectivity index (χ2v) is 15.6. The van der Waals surface area contributed by atoms with E-state index in [1.165, 1.54) is 22.3 Å². The van der Waals surface area contributed by atoms with Crippen LogP contribution >= 0.6 is 0 Å². The van der Waals surface area contributed by atoms with E-state index in [0.717, 1.165) is 61.8 Å². The number of hydrogen-bond acceptors (Lipinski definition) is 10. The number of aliphatic hydroxyl groups excluding tert-OH is 2. The van der Waals surface area contributed by atoms with E-state index in [1.54, 1.807) is 14.2 Å². The summed E-state index contributed by atoms with van der Waals surface area (Å²) in [6.45, 7) is 2.11. The number of nitrogens with zero attached hydrogens (tertiary/aromatic N) is 2. The Balaban J connectivity index is 0.000000170. The molecule has 10 rings (SSSR count). The fraction of sp³-hybridized carbons (Fsp3) is 0.556. The van der Waals surface area contributed by atoms with Crippen LogP contribution in [0.3, 0.4) is 0 Å². The van der Waals surface area contributed by atoms with Gasteiger partial charge in [0.2, 0.25) is 0 Å². The first-order chi connectivity index (χ1) is 23.3. The van der Waals surface area contributed by atoms with Crippen LogP contribution < -0.4 is 18.9 Å². The van der Waals surface area contributed by atoms with Crippen molar-refractivity contribution in [3.8, 4) is 23.0 Å². The van der Waals surface area contributed by atoms with Crippen molar-refractivity contribution < 1.29 is 63.1 Å². The van der Waals surface area contributed by atoms with Crippen molar-refractivity contribution in [2.24, 2.45) is 11.8 Å². The van der Waals surface area contributed by atoms with Gasteiger partial charge in [-0.25, -0.2) is 0 Å². The second-order valence-electron chi connectivity index (χ2n) is 14.7. The zero-order chi connectivity index (χ0) is 34.6. The fourth-order valence-electron chi connectivity index (χ4n) is 10.8. The normalized spacial score (nSPS) is 35.8. The molecule has 4 heterocycles. The Labute approximate surface area is 302 Å². The van der Waals surface area contributed by atoms with Gasteiger partial charge in [-0.3, -0.25) is 9.11 Å². The van der Waals surface area contributed by atoms with Gasteiger partial charge in [0, 0.05) is 45.9 Å². The average molecular weight is 751 g/mol. The van der Waals surface area contributed by atoms with E-state index in [0.29, 0.717) is 23.9 Å². The predicted molar refractivity (Wildman–Crippen MR) is 190 cm³/mol. The van der Waals surface area contributed by atoms with E-state index < -0.39 is 22.6 Å². The van der Waals surface area contributed by atoms with E-state index in [1.807, 2.05) is 24.3 Å². The highest BCUT2D eigenvalue weighted by Crippen LogP contribution is 2.64. The van der Waals surface area contributed by atoms with Crippen molar-refractivity contribution in [1.82, 2.24) is 9.80 Å². The predicted octanol–water partition coefficient (Wildman–Crippen LogP) is -0.125. The number of rotatable bonds is 2. The molecule has 4 aliphatic carbocycles. The minimum atomic E-state index is -4.67. The number of ether oxygens (including phenoxy) is 4. The van der Waals surface area contributed by atoms with Gasteiger partial charge >= 0.3 is 10.4 Å². The van der Waals surface area contributed by atoms with Gasteiger partial charge in [-0.2, -0.15) is 8.42 Å². The summed E-state index contributed by atoms with van der Waals surface area (Å²) >= 11 is 0. The number of benzene rings is 2. The quantitative estimate of drug-likeness (QED) is 0.232. The third-order valence-corrected chi connectivity index (χ3v) is 12.7. The van der Waals surface area contributed by atoms with Crippen molar-refractivity contribution in [3.05, 3.63) is 70.8 Å². The van der Waals surface area contributed by atoms with Gasteiger partial charge in [-0.05, 0) is 76.1 Å². The van der Waals surface area contributed by atoms with Crippen LogP contribution in [-0.2, 0) is 34.1 Å². The molecular formula is C36H50N2O13S. The Morgan fingerprint density at radius 2 is 1.06 bits per heavy atom. The molecule has 15 nitrogen and oxygen atoms in total. The highest BCUT2D eigenvalue weighted by atomic mass is 32.3. The minimum Gasteiger partial charge on any atom is -0.493 e. The molecule has 8 aliphatic rings. The zero-order valence-corrected chi connectivity index (χ0v) is 30.3. The van der Waals surface area contributed by atoms with Gasteiger partial charge in [-0.1, -0.05) is 36.4 Å². The Hall–Kier alpha value is -3.29. The third-order valence-electron chi connectivity index (χ3n) is 12.7. The van der Waals surface area contributed by atoms with Crippen LogP contribution in [0.25, 0.3) is 0 Å². The molecule has 0 radical (unpaired) electrons. The van der Waals surface area contributed by atoms with Crippen molar-refractivity contribution >= 4 is 10.4 Å². The maximum absolute atomic E-state index is 10.6. The Morgan fingerprint density at radius 3 is 1.40 bits per heavy atom. The Bertz CT molecular complexity index is 1730. The summed E-state index contributed by atoms with van der Waals surface area (Å²) in [5.41, 5.74) is 5.21. The van der Waals surface area contributed by atoms with E-state index in [9.17, 15) is 10.2 Å². The molecule has 4 bridgehead atoms. The van der Waals surface area contributed by atoms with Crippen LogP contribution in [-0.4, -0.2) is 132 Å². The standard InChI is InChI=1S/2C18H21NO3.H2O4S.3H2O/c2*1-19-8-7-18-11-4-5-13(20)17(18)22-16-14(21-2)6-3-10(15(16)18)9-12(11)19;1-5(2,3)4;;;/h2*3-6,11-13,17,20H,7-9H2,1-2H3;(H2,1,2,3,4);3*1H2/t2*11-,12+,13-,17-,18-;;;;/m00..../s1. The summed E-state index contributed by atoms with van der Waals surface area (Å²) in [4.78, 5) is 4.94. The molecule has 0 aromatic heterocycles. The lowest BCUT2D eigenvalue weighted by molar-refractivity contribution is -0.0453. The van der Waals surface area contributed by atoms with Gasteiger partial charge < -0.3 is 55.4 Å². The number of aliphatic hydroxyl groups is 2. The molecule has 2 aromatic rings. The van der Waals surface area contributed by atoms with Crippen molar-refractivity contribution in [3.63, 3.8) is 0 Å². The number of likely N-dealkylation sites (N-methyl/N-ethyl adjacent to an activating group) is 2. The first-order valence-corrected chi connectivity index (χ1v) is 18.3. The first kappa shape index (κ1) is 39.9. The number of methoxy groups -OCH3 is 2. The summed E-state index contributed by atoms with van der Waals surface area (Å²) in [7, 11) is 3.15. The van der Waals surface area contributed by atoms with Crippen LogP contribution in [0.4, 0.5) is 0 Å². The topological polar surface area (TPSA) is 253 Å². The third kappa shape index (κ3) is 5.54. The summed E-state index contributed by atoms with van der Waals surface area (Å²) in [5.74, 6) is 4.18. The maximum Gasteiger partial charge on any atom is 0.394 e. The molecule has 2 fully saturated rings. The lowest BCUT2D eigenvalue weighted by Crippen LogP contribution is -2.64. The van der Waals surface area contributed by atoms with Crippen LogP contribution in [0.15, 0.2) is 48.6 Å². The van der Waals surface area contributed by atoms with Crippen LogP contribution in [0, 0.1) is 11.8 Å². The molecule has 10 atom stereocenters. The van der Waals surface area contributed by atoms with E-state index in [2.05, 4.69) is 48.2 Å². The van der Waals surface area contributed by atoms with Crippen LogP contribution in [0.5, 0.6) is 23.0 Å². The molecule has 16 heteroatoms. The summed E-state index contributed by atoms with van der Waals surface area (Å²) in [5, 5.41) is 21.1. The second kappa shape index (κ2) is 13.8. The number of likely N-dealkylation sites (tertiary alicyclic amines) is 2. The molecule has 288 valence electrons. The van der Waals surface area contributed by atoms with Crippen molar-refractivity contribution in [2.45, 2.75) is 73.0 Å².